The van der Waals surface area contributed by atoms with Crippen molar-refractivity contribution in [2.75, 3.05) is 6.54 Å². The van der Waals surface area contributed by atoms with E-state index < -0.39 is 0 Å². The molecule has 1 fully saturated rings. The molecule has 3 nitrogen and oxygen atoms in total. The van der Waals surface area contributed by atoms with Crippen molar-refractivity contribution in [1.29, 1.82) is 0 Å². The molecule has 1 atom stereocenters. The van der Waals surface area contributed by atoms with Crippen LogP contribution in [0.4, 0.5) is 0 Å². The summed E-state index contributed by atoms with van der Waals surface area (Å²) in [4.78, 5) is 0. The Hall–Kier alpha value is -1.32. The Morgan fingerprint density at radius 1 is 1.38 bits per heavy atom. The molecule has 1 aliphatic rings. The van der Waals surface area contributed by atoms with Gasteiger partial charge in [-0.25, -0.2) is 0 Å². The van der Waals surface area contributed by atoms with Crippen LogP contribution in [-0.2, 0) is 13.0 Å². The third-order valence-corrected chi connectivity index (χ3v) is 4.41. The zero-order valence-corrected chi connectivity index (χ0v) is 13.2. The van der Waals surface area contributed by atoms with Crippen molar-refractivity contribution in [3.63, 3.8) is 0 Å². The summed E-state index contributed by atoms with van der Waals surface area (Å²) in [5, 5.41) is 8.88. The lowest BCUT2D eigenvalue weighted by Gasteiger charge is -2.18. The van der Waals surface area contributed by atoms with Crippen LogP contribution in [0, 0.1) is 0 Å². The first-order chi connectivity index (χ1) is 10.3. The van der Waals surface area contributed by atoms with Crippen LogP contribution in [0.25, 0.3) is 0 Å². The van der Waals surface area contributed by atoms with Crippen molar-refractivity contribution < 1.29 is 0 Å². The van der Waals surface area contributed by atoms with Crippen LogP contribution >= 0.6 is 11.6 Å². The molecule has 1 saturated carbocycles. The van der Waals surface area contributed by atoms with E-state index in [4.69, 9.17) is 11.6 Å². The molecule has 1 aliphatic carbocycles. The van der Waals surface area contributed by atoms with Gasteiger partial charge < -0.3 is 5.32 Å². The second kappa shape index (κ2) is 6.63. The minimum absolute atomic E-state index is 0.397. The summed E-state index contributed by atoms with van der Waals surface area (Å²) in [7, 11) is 0. The maximum atomic E-state index is 6.40. The molecule has 21 heavy (non-hydrogen) atoms. The van der Waals surface area contributed by atoms with Gasteiger partial charge in [0.2, 0.25) is 0 Å². The summed E-state index contributed by atoms with van der Waals surface area (Å²) in [5.41, 5.74) is 2.51. The molecule has 3 rings (SSSR count). The molecule has 1 aromatic carbocycles. The first-order valence-electron chi connectivity index (χ1n) is 7.75. The molecule has 0 saturated heterocycles. The maximum absolute atomic E-state index is 6.40. The number of hydrogen-bond acceptors (Lipinski definition) is 2. The Morgan fingerprint density at radius 3 is 2.86 bits per heavy atom. The molecule has 0 radical (unpaired) electrons. The second-order valence-corrected chi connectivity index (χ2v) is 6.22. The number of halogens is 1. The molecule has 2 aromatic rings. The lowest BCUT2D eigenvalue weighted by Crippen LogP contribution is -2.25. The van der Waals surface area contributed by atoms with E-state index >= 15 is 0 Å². The van der Waals surface area contributed by atoms with E-state index in [1.54, 1.807) is 0 Å². The number of benzene rings is 1. The zero-order valence-electron chi connectivity index (χ0n) is 12.4. The minimum atomic E-state index is 0.397. The fourth-order valence-corrected chi connectivity index (χ4v) is 2.95. The predicted molar refractivity (Wildman–Crippen MR) is 86.8 cm³/mol. The highest BCUT2D eigenvalue weighted by molar-refractivity contribution is 6.31. The molecule has 0 amide bonds. The first kappa shape index (κ1) is 14.6. The number of rotatable bonds is 7. The van der Waals surface area contributed by atoms with E-state index in [-0.39, 0.29) is 0 Å². The number of nitrogens with one attached hydrogen (secondary N) is 1. The summed E-state index contributed by atoms with van der Waals surface area (Å²) < 4.78 is 1.98. The first-order valence-corrected chi connectivity index (χ1v) is 8.13. The van der Waals surface area contributed by atoms with Crippen molar-refractivity contribution in [1.82, 2.24) is 15.1 Å². The van der Waals surface area contributed by atoms with E-state index in [9.17, 15) is 0 Å². The highest BCUT2D eigenvalue weighted by atomic mass is 35.5. The summed E-state index contributed by atoms with van der Waals surface area (Å²) in [5.74, 6) is 0.397. The third-order valence-electron chi connectivity index (χ3n) is 4.07. The van der Waals surface area contributed by atoms with Gasteiger partial charge in [0, 0.05) is 36.3 Å². The Kier molecular flexibility index (Phi) is 4.61. The Bertz CT molecular complexity index is 589. The van der Waals surface area contributed by atoms with Crippen LogP contribution < -0.4 is 5.32 Å². The van der Waals surface area contributed by atoms with Gasteiger partial charge >= 0.3 is 0 Å². The molecule has 112 valence electrons. The van der Waals surface area contributed by atoms with Gasteiger partial charge in [0.1, 0.15) is 0 Å². The maximum Gasteiger partial charge on any atom is 0.0521 e. The molecule has 4 heteroatoms. The minimum Gasteiger partial charge on any atom is -0.313 e. The van der Waals surface area contributed by atoms with Crippen LogP contribution in [0.15, 0.2) is 36.7 Å². The molecule has 0 aliphatic heterocycles. The van der Waals surface area contributed by atoms with Crippen molar-refractivity contribution in [3.8, 4) is 0 Å². The monoisotopic (exact) mass is 303 g/mol. The largest absolute Gasteiger partial charge is 0.313 e. The van der Waals surface area contributed by atoms with E-state index in [1.165, 1.54) is 24.0 Å². The predicted octanol–water partition coefficient (Wildman–Crippen LogP) is 3.63. The SMILES string of the molecule is CCn1cc(CC(CNC2CC2)c2ccccc2Cl)cn1. The van der Waals surface area contributed by atoms with Crippen LogP contribution in [0.1, 0.15) is 36.8 Å². The Balaban J connectivity index is 1.75. The molecule has 1 heterocycles. The van der Waals surface area contributed by atoms with Crippen LogP contribution in [0.5, 0.6) is 0 Å². The number of nitrogens with zero attached hydrogens (tertiary/aromatic N) is 2. The number of aromatic nitrogens is 2. The third kappa shape index (κ3) is 3.86. The standard InChI is InChI=1S/C17H22ClN3/c1-2-21-12-13(10-20-21)9-14(11-19-15-7-8-15)16-5-3-4-6-17(16)18/h3-6,10,12,14-15,19H,2,7-9,11H2,1H3. The quantitative estimate of drug-likeness (QED) is 0.846. The van der Waals surface area contributed by atoms with Crippen molar-refractivity contribution in [3.05, 3.63) is 52.8 Å². The summed E-state index contributed by atoms with van der Waals surface area (Å²) in [6.07, 6.45) is 7.71. The van der Waals surface area contributed by atoms with E-state index in [1.807, 2.05) is 23.0 Å². The molecule has 0 spiro atoms. The lowest BCUT2D eigenvalue weighted by atomic mass is 9.93. The highest BCUT2D eigenvalue weighted by Gasteiger charge is 2.23. The lowest BCUT2D eigenvalue weighted by molar-refractivity contribution is 0.576. The summed E-state index contributed by atoms with van der Waals surface area (Å²) >= 11 is 6.40. The summed E-state index contributed by atoms with van der Waals surface area (Å²) in [6.45, 7) is 4.00. The van der Waals surface area contributed by atoms with Gasteiger partial charge in [0.25, 0.3) is 0 Å². The van der Waals surface area contributed by atoms with Gasteiger partial charge in [-0.2, -0.15) is 5.10 Å². The molecule has 0 bridgehead atoms. The van der Waals surface area contributed by atoms with Gasteiger partial charge in [-0.05, 0) is 43.4 Å². The van der Waals surface area contributed by atoms with Crippen molar-refractivity contribution in [2.24, 2.45) is 0 Å². The Labute approximate surface area is 131 Å². The smallest absolute Gasteiger partial charge is 0.0521 e. The van der Waals surface area contributed by atoms with Gasteiger partial charge in [-0.1, -0.05) is 29.8 Å². The number of aryl methyl sites for hydroxylation is 1. The van der Waals surface area contributed by atoms with E-state index in [0.717, 1.165) is 24.5 Å². The fraction of sp³-hybridized carbons (Fsp3) is 0.471. The zero-order chi connectivity index (χ0) is 14.7. The summed E-state index contributed by atoms with van der Waals surface area (Å²) in [6, 6.07) is 8.91. The van der Waals surface area contributed by atoms with Gasteiger partial charge in [0.05, 0.1) is 6.20 Å². The van der Waals surface area contributed by atoms with Crippen molar-refractivity contribution >= 4 is 11.6 Å². The molecular formula is C17H22ClN3. The molecule has 1 aromatic heterocycles. The average Bonchev–Trinajstić information content (AvgIpc) is 3.22. The van der Waals surface area contributed by atoms with E-state index in [2.05, 4.69) is 35.7 Å². The van der Waals surface area contributed by atoms with Crippen LogP contribution in [0.2, 0.25) is 5.02 Å². The normalized spacial score (nSPS) is 16.1. The van der Waals surface area contributed by atoms with Gasteiger partial charge in [-0.3, -0.25) is 4.68 Å². The van der Waals surface area contributed by atoms with E-state index in [0.29, 0.717) is 12.0 Å². The fourth-order valence-electron chi connectivity index (χ4n) is 2.66. The van der Waals surface area contributed by atoms with Crippen molar-refractivity contribution in [2.45, 2.75) is 44.7 Å². The van der Waals surface area contributed by atoms with Crippen LogP contribution in [0.3, 0.4) is 0 Å². The topological polar surface area (TPSA) is 29.9 Å². The Morgan fingerprint density at radius 2 is 2.19 bits per heavy atom. The van der Waals surface area contributed by atoms with Gasteiger partial charge in [0.15, 0.2) is 0 Å². The highest BCUT2D eigenvalue weighted by Crippen LogP contribution is 2.28. The van der Waals surface area contributed by atoms with Crippen LogP contribution in [-0.4, -0.2) is 22.4 Å². The molecule has 1 N–H and O–H groups in total. The van der Waals surface area contributed by atoms with Gasteiger partial charge in [-0.15, -0.1) is 0 Å². The second-order valence-electron chi connectivity index (χ2n) is 5.81. The number of hydrogen-bond donors (Lipinski definition) is 1. The molecular weight excluding hydrogens is 282 g/mol. The molecule has 1 unspecified atom stereocenters. The average molecular weight is 304 g/mol.